The third-order valence-corrected chi connectivity index (χ3v) is 7.32. The first-order chi connectivity index (χ1) is 17.1. The van der Waals surface area contributed by atoms with Crippen molar-refractivity contribution in [1.29, 1.82) is 0 Å². The van der Waals surface area contributed by atoms with Crippen LogP contribution in [0.5, 0.6) is 5.88 Å². The van der Waals surface area contributed by atoms with E-state index in [-0.39, 0.29) is 38.9 Å². The van der Waals surface area contributed by atoms with Crippen molar-refractivity contribution in [2.45, 2.75) is 20.3 Å². The molecule has 0 saturated heterocycles. The third-order valence-electron chi connectivity index (χ3n) is 5.98. The van der Waals surface area contributed by atoms with Crippen molar-refractivity contribution in [3.05, 3.63) is 54.3 Å². The first kappa shape index (κ1) is 29.2. The van der Waals surface area contributed by atoms with E-state index in [2.05, 4.69) is 39.6 Å². The SMILES string of the molecule is CCCN(CC)CCOc1nnc(Cl)cc1-c1ccc2c(ccc3sc4c(c32)NC[CH-]NC4=O)n1.[CH3-].[Pd+2]. The van der Waals surface area contributed by atoms with Crippen LogP contribution in [0.1, 0.15) is 29.9 Å². The molecule has 0 aliphatic carbocycles. The number of hydrogen-bond donors (Lipinski definition) is 2. The molecule has 1 aliphatic rings. The zero-order valence-electron chi connectivity index (χ0n) is 20.9. The maximum atomic E-state index is 12.5. The fourth-order valence-electron chi connectivity index (χ4n) is 4.30. The molecule has 1 aromatic carbocycles. The maximum absolute atomic E-state index is 12.5. The number of amides is 1. The summed E-state index contributed by atoms with van der Waals surface area (Å²) in [5.41, 5.74) is 3.05. The van der Waals surface area contributed by atoms with Gasteiger partial charge >= 0.3 is 20.4 Å². The van der Waals surface area contributed by atoms with Crippen LogP contribution in [0.3, 0.4) is 0 Å². The molecule has 0 atom stereocenters. The summed E-state index contributed by atoms with van der Waals surface area (Å²) in [6.07, 6.45) is 1.10. The Hall–Kier alpha value is -2.35. The summed E-state index contributed by atoms with van der Waals surface area (Å²) < 4.78 is 7.06. The molecule has 11 heteroatoms. The molecule has 37 heavy (non-hydrogen) atoms. The molecule has 2 N–H and O–H groups in total. The fourth-order valence-corrected chi connectivity index (χ4v) is 5.55. The van der Waals surface area contributed by atoms with Crippen molar-refractivity contribution < 1.29 is 30.0 Å². The predicted molar refractivity (Wildman–Crippen MR) is 148 cm³/mol. The molecule has 4 heterocycles. The summed E-state index contributed by atoms with van der Waals surface area (Å²) in [6, 6.07) is 9.68. The van der Waals surface area contributed by atoms with Crippen LogP contribution in [0.2, 0.25) is 5.15 Å². The zero-order chi connectivity index (χ0) is 24.4. The Morgan fingerprint density at radius 2 is 2.03 bits per heavy atom. The number of nitrogens with zero attached hydrogens (tertiary/aromatic N) is 4. The molecule has 3 aromatic heterocycles. The molecule has 0 fully saturated rings. The number of carbonyl (C=O) groups excluding carboxylic acids is 1. The van der Waals surface area contributed by atoms with Crippen LogP contribution in [0.25, 0.3) is 32.2 Å². The van der Waals surface area contributed by atoms with Crippen molar-refractivity contribution in [3.8, 4) is 17.1 Å². The Bertz CT molecular complexity index is 1400. The number of rotatable bonds is 8. The molecule has 0 unspecified atom stereocenters. The van der Waals surface area contributed by atoms with Gasteiger partial charge in [0.2, 0.25) is 11.8 Å². The molecule has 8 nitrogen and oxygen atoms in total. The van der Waals surface area contributed by atoms with E-state index in [1.807, 2.05) is 24.3 Å². The summed E-state index contributed by atoms with van der Waals surface area (Å²) in [4.78, 5) is 20.4. The Labute approximate surface area is 239 Å². The van der Waals surface area contributed by atoms with Crippen LogP contribution < -0.4 is 15.4 Å². The predicted octanol–water partition coefficient (Wildman–Crippen LogP) is 5.44. The van der Waals surface area contributed by atoms with Crippen molar-refractivity contribution in [2.75, 3.05) is 38.1 Å². The van der Waals surface area contributed by atoms with Gasteiger partial charge in [-0.25, -0.2) is 11.5 Å². The number of nitrogens with one attached hydrogen (secondary N) is 2. The Balaban J connectivity index is 0.00000190. The van der Waals surface area contributed by atoms with Gasteiger partial charge in [0, 0.05) is 22.0 Å². The van der Waals surface area contributed by atoms with Crippen molar-refractivity contribution in [3.63, 3.8) is 0 Å². The number of fused-ring (bicyclic) bond motifs is 5. The largest absolute Gasteiger partial charge is 2.00 e. The van der Waals surface area contributed by atoms with Gasteiger partial charge in [-0.15, -0.1) is 21.5 Å². The number of halogens is 1. The second-order valence-electron chi connectivity index (χ2n) is 8.24. The van der Waals surface area contributed by atoms with E-state index in [0.717, 1.165) is 52.7 Å². The molecule has 0 saturated carbocycles. The second-order valence-corrected chi connectivity index (χ2v) is 9.67. The van der Waals surface area contributed by atoms with Crippen LogP contribution in [0.15, 0.2) is 30.3 Å². The average Bonchev–Trinajstić information content (AvgIpc) is 3.16. The molecule has 4 aromatic rings. The van der Waals surface area contributed by atoms with Gasteiger partial charge in [0.05, 0.1) is 22.5 Å². The number of benzene rings is 1. The molecule has 1 aliphatic heterocycles. The number of hydrogen-bond acceptors (Lipinski definition) is 8. The van der Waals surface area contributed by atoms with Gasteiger partial charge in [-0.2, -0.15) is 0 Å². The van der Waals surface area contributed by atoms with E-state index < -0.39 is 0 Å². The van der Waals surface area contributed by atoms with E-state index in [9.17, 15) is 4.79 Å². The monoisotopic (exact) mass is 630 g/mol. The van der Waals surface area contributed by atoms with Crippen molar-refractivity contribution >= 4 is 55.5 Å². The van der Waals surface area contributed by atoms with E-state index >= 15 is 0 Å². The standard InChI is InChI=1S/C25H26ClN6O2S.CH3.Pd/c1-3-11-32(4-2)12-13-34-25-16(14-20(26)30-31-25)18-6-5-15-17(29-18)7-8-19-21(15)22-23(35-19)24(33)28-10-9-27-22;;/h5-8,10,14,27H,3-4,9,11-13H2,1-2H3,(H,28,33);1H3;/q2*-1;+2. The number of likely N-dealkylation sites (N-methyl/N-ethyl adjacent to an activating group) is 1. The quantitative estimate of drug-likeness (QED) is 0.198. The molecule has 5 rings (SSSR count). The minimum atomic E-state index is -0.0937. The number of thiophene rings is 1. The van der Waals surface area contributed by atoms with Gasteiger partial charge in [-0.1, -0.05) is 32.0 Å². The number of ether oxygens (including phenoxy) is 1. The first-order valence-electron chi connectivity index (χ1n) is 11.7. The van der Waals surface area contributed by atoms with Gasteiger partial charge in [-0.05, 0) is 49.8 Å². The van der Waals surface area contributed by atoms with Crippen molar-refractivity contribution in [2.24, 2.45) is 0 Å². The Kier molecular flexibility index (Phi) is 10.2. The van der Waals surface area contributed by atoms with Crippen LogP contribution in [-0.4, -0.2) is 58.8 Å². The average molecular weight is 631 g/mol. The van der Waals surface area contributed by atoms with Crippen LogP contribution in [0, 0.1) is 14.0 Å². The number of anilines is 1. The van der Waals surface area contributed by atoms with E-state index in [0.29, 0.717) is 35.2 Å². The summed E-state index contributed by atoms with van der Waals surface area (Å²) in [5.74, 6) is 0.317. The molecule has 1 amide bonds. The van der Waals surface area contributed by atoms with Gasteiger partial charge in [0.1, 0.15) is 11.5 Å². The molecule has 0 radical (unpaired) electrons. The second kappa shape index (κ2) is 12.9. The van der Waals surface area contributed by atoms with Crippen LogP contribution in [-0.2, 0) is 20.4 Å². The Morgan fingerprint density at radius 3 is 2.81 bits per heavy atom. The zero-order valence-corrected chi connectivity index (χ0v) is 24.0. The first-order valence-corrected chi connectivity index (χ1v) is 12.9. The minimum Gasteiger partial charge on any atom is -0.499 e. The molecule has 0 bridgehead atoms. The van der Waals surface area contributed by atoms with Crippen LogP contribution in [0.4, 0.5) is 5.69 Å². The molecule has 198 valence electrons. The maximum Gasteiger partial charge on any atom is 2.00 e. The molecular formula is C26H29ClN6O2PdS. The van der Waals surface area contributed by atoms with Gasteiger partial charge in [0.15, 0.2) is 5.15 Å². The van der Waals surface area contributed by atoms with Gasteiger partial charge in [-0.3, -0.25) is 4.79 Å². The smallest absolute Gasteiger partial charge is 0.499 e. The summed E-state index contributed by atoms with van der Waals surface area (Å²) in [6.45, 7) is 9.90. The minimum absolute atomic E-state index is 0. The third kappa shape index (κ3) is 6.05. The summed E-state index contributed by atoms with van der Waals surface area (Å²) in [5, 5.41) is 16.6. The van der Waals surface area contributed by atoms with Crippen LogP contribution >= 0.6 is 22.9 Å². The fraction of sp³-hybridized carbons (Fsp3) is 0.308. The van der Waals surface area contributed by atoms with Gasteiger partial charge in [0.25, 0.3) is 0 Å². The topological polar surface area (TPSA) is 92.3 Å². The summed E-state index contributed by atoms with van der Waals surface area (Å²) >= 11 is 7.67. The number of pyridine rings is 1. The van der Waals surface area contributed by atoms with E-state index in [1.165, 1.54) is 11.3 Å². The van der Waals surface area contributed by atoms with Crippen molar-refractivity contribution in [1.82, 2.24) is 25.4 Å². The number of carbonyl (C=O) groups is 1. The number of aromatic nitrogens is 3. The molecular weight excluding hydrogens is 602 g/mol. The summed E-state index contributed by atoms with van der Waals surface area (Å²) in [7, 11) is 0. The van der Waals surface area contributed by atoms with E-state index in [1.54, 1.807) is 12.6 Å². The molecule has 0 spiro atoms. The van der Waals surface area contributed by atoms with Gasteiger partial charge < -0.3 is 27.7 Å². The van der Waals surface area contributed by atoms with E-state index in [4.69, 9.17) is 21.3 Å². The Morgan fingerprint density at radius 1 is 1.19 bits per heavy atom. The normalized spacial score (nSPS) is 12.8.